The smallest absolute Gasteiger partial charge is 0.312 e. The van der Waals surface area contributed by atoms with Gasteiger partial charge in [-0.2, -0.15) is 0 Å². The topological polar surface area (TPSA) is 55.8 Å². The number of hydrogen-bond acceptors (Lipinski definition) is 4. The van der Waals surface area contributed by atoms with Crippen LogP contribution in [0.2, 0.25) is 0 Å². The Bertz CT molecular complexity index is 310. The fraction of sp³-hybridized carbons (Fsp3) is 0.417. The molecule has 88 valence electrons. The van der Waals surface area contributed by atoms with Crippen molar-refractivity contribution in [3.05, 3.63) is 30.3 Å². The van der Waals surface area contributed by atoms with Crippen molar-refractivity contribution in [2.24, 2.45) is 5.92 Å². The van der Waals surface area contributed by atoms with E-state index in [9.17, 15) is 4.79 Å². The molecule has 0 spiro atoms. The van der Waals surface area contributed by atoms with Crippen molar-refractivity contribution in [2.45, 2.75) is 6.42 Å². The lowest BCUT2D eigenvalue weighted by molar-refractivity contribution is -0.147. The van der Waals surface area contributed by atoms with Crippen LogP contribution in [0.5, 0.6) is 5.75 Å². The summed E-state index contributed by atoms with van der Waals surface area (Å²) in [5, 5.41) is 8.81. The molecule has 0 aliphatic carbocycles. The number of carbonyl (C=O) groups is 1. The number of hydrogen-bond donors (Lipinski definition) is 1. The Morgan fingerprint density at radius 3 is 2.62 bits per heavy atom. The molecule has 0 radical (unpaired) electrons. The number of methoxy groups -OCH3 is 1. The Morgan fingerprint density at radius 1 is 1.38 bits per heavy atom. The van der Waals surface area contributed by atoms with Gasteiger partial charge in [0.25, 0.3) is 0 Å². The summed E-state index contributed by atoms with van der Waals surface area (Å²) in [5.74, 6) is -0.0745. The molecule has 0 fully saturated rings. The standard InChI is InChI=1S/C12H16O4/c1-15-12(14)10(7-8-13)9-16-11-5-3-2-4-6-11/h2-6,10,13H,7-9H2,1H3. The third-order valence-electron chi connectivity index (χ3n) is 2.21. The van der Waals surface area contributed by atoms with Crippen molar-refractivity contribution < 1.29 is 19.4 Å². The van der Waals surface area contributed by atoms with Gasteiger partial charge in [-0.1, -0.05) is 18.2 Å². The van der Waals surface area contributed by atoms with Crippen LogP contribution in [0.1, 0.15) is 6.42 Å². The van der Waals surface area contributed by atoms with E-state index >= 15 is 0 Å². The summed E-state index contributed by atoms with van der Waals surface area (Å²) < 4.78 is 10.1. The molecule has 0 aliphatic rings. The van der Waals surface area contributed by atoms with Crippen molar-refractivity contribution in [3.63, 3.8) is 0 Å². The zero-order valence-corrected chi connectivity index (χ0v) is 9.26. The van der Waals surface area contributed by atoms with Crippen molar-refractivity contribution in [3.8, 4) is 5.75 Å². The van der Waals surface area contributed by atoms with Crippen LogP contribution < -0.4 is 4.74 Å². The minimum absolute atomic E-state index is 0.0576. The maximum Gasteiger partial charge on any atom is 0.312 e. The summed E-state index contributed by atoms with van der Waals surface area (Å²) in [6, 6.07) is 9.22. The van der Waals surface area contributed by atoms with Gasteiger partial charge < -0.3 is 14.6 Å². The number of rotatable bonds is 6. The summed E-state index contributed by atoms with van der Waals surface area (Å²) >= 11 is 0. The zero-order chi connectivity index (χ0) is 11.8. The molecule has 0 heterocycles. The molecular formula is C12H16O4. The Labute approximate surface area is 94.8 Å². The minimum Gasteiger partial charge on any atom is -0.493 e. The van der Waals surface area contributed by atoms with E-state index in [1.165, 1.54) is 7.11 Å². The fourth-order valence-corrected chi connectivity index (χ4v) is 1.31. The van der Waals surface area contributed by atoms with Crippen LogP contribution in [0.3, 0.4) is 0 Å². The maximum atomic E-state index is 11.3. The Balaban J connectivity index is 2.47. The molecule has 0 saturated heterocycles. The van der Waals surface area contributed by atoms with E-state index < -0.39 is 5.92 Å². The lowest BCUT2D eigenvalue weighted by Crippen LogP contribution is -2.24. The second-order valence-corrected chi connectivity index (χ2v) is 3.36. The predicted molar refractivity (Wildman–Crippen MR) is 59.1 cm³/mol. The van der Waals surface area contributed by atoms with Crippen molar-refractivity contribution in [1.82, 2.24) is 0 Å². The molecule has 0 aromatic heterocycles. The van der Waals surface area contributed by atoms with Crippen molar-refractivity contribution in [1.29, 1.82) is 0 Å². The van der Waals surface area contributed by atoms with Gasteiger partial charge in [-0.05, 0) is 18.6 Å². The first-order chi connectivity index (χ1) is 7.77. The van der Waals surface area contributed by atoms with Gasteiger partial charge in [0.1, 0.15) is 12.4 Å². The normalized spacial score (nSPS) is 11.9. The van der Waals surface area contributed by atoms with Crippen molar-refractivity contribution >= 4 is 5.97 Å². The van der Waals surface area contributed by atoms with Gasteiger partial charge in [0.15, 0.2) is 0 Å². The summed E-state index contributed by atoms with van der Waals surface area (Å²) in [6.45, 7) is 0.162. The third-order valence-corrected chi connectivity index (χ3v) is 2.21. The lowest BCUT2D eigenvalue weighted by Gasteiger charge is -2.14. The van der Waals surface area contributed by atoms with Gasteiger partial charge >= 0.3 is 5.97 Å². The highest BCUT2D eigenvalue weighted by molar-refractivity contribution is 5.72. The van der Waals surface area contributed by atoms with Crippen molar-refractivity contribution in [2.75, 3.05) is 20.3 Å². The fourth-order valence-electron chi connectivity index (χ4n) is 1.31. The summed E-state index contributed by atoms with van der Waals surface area (Å²) in [7, 11) is 1.33. The van der Waals surface area contributed by atoms with Crippen LogP contribution in [0.4, 0.5) is 0 Å². The number of carbonyl (C=O) groups excluding carboxylic acids is 1. The van der Waals surface area contributed by atoms with Gasteiger partial charge in [0.2, 0.25) is 0 Å². The van der Waals surface area contributed by atoms with Gasteiger partial charge in [0.05, 0.1) is 13.0 Å². The average Bonchev–Trinajstić information content (AvgIpc) is 2.34. The van der Waals surface area contributed by atoms with Gasteiger partial charge in [0, 0.05) is 6.61 Å². The Hall–Kier alpha value is -1.55. The molecule has 0 amide bonds. The highest BCUT2D eigenvalue weighted by atomic mass is 16.5. The predicted octanol–water partition coefficient (Wildman–Crippen LogP) is 1.24. The number of ether oxygens (including phenoxy) is 2. The van der Waals surface area contributed by atoms with E-state index in [-0.39, 0.29) is 19.2 Å². The summed E-state index contributed by atoms with van der Waals surface area (Å²) in [6.07, 6.45) is 0.347. The Kier molecular flexibility index (Phi) is 5.36. The first-order valence-electron chi connectivity index (χ1n) is 5.14. The third kappa shape index (κ3) is 3.90. The molecule has 0 aliphatic heterocycles. The van der Waals surface area contributed by atoms with Crippen LogP contribution in [0.15, 0.2) is 30.3 Å². The van der Waals surface area contributed by atoms with E-state index in [0.717, 1.165) is 0 Å². The molecule has 1 N–H and O–H groups in total. The molecule has 1 aromatic rings. The van der Waals surface area contributed by atoms with E-state index in [1.54, 1.807) is 0 Å². The highest BCUT2D eigenvalue weighted by Gasteiger charge is 2.19. The van der Waals surface area contributed by atoms with Gasteiger partial charge in [-0.25, -0.2) is 0 Å². The van der Waals surface area contributed by atoms with Crippen LogP contribution in [-0.2, 0) is 9.53 Å². The van der Waals surface area contributed by atoms with Crippen LogP contribution >= 0.6 is 0 Å². The van der Waals surface area contributed by atoms with E-state index in [2.05, 4.69) is 4.74 Å². The first-order valence-corrected chi connectivity index (χ1v) is 5.14. The molecule has 1 aromatic carbocycles. The largest absolute Gasteiger partial charge is 0.493 e. The highest BCUT2D eigenvalue weighted by Crippen LogP contribution is 2.12. The molecule has 16 heavy (non-hydrogen) atoms. The average molecular weight is 224 g/mol. The number of benzene rings is 1. The number of para-hydroxylation sites is 1. The molecule has 4 heteroatoms. The summed E-state index contributed by atoms with van der Waals surface area (Å²) in [4.78, 5) is 11.3. The van der Waals surface area contributed by atoms with Gasteiger partial charge in [-0.15, -0.1) is 0 Å². The number of esters is 1. The quantitative estimate of drug-likeness (QED) is 0.738. The Morgan fingerprint density at radius 2 is 2.06 bits per heavy atom. The molecular weight excluding hydrogens is 208 g/mol. The molecule has 1 atom stereocenters. The van der Waals surface area contributed by atoms with E-state index in [0.29, 0.717) is 12.2 Å². The van der Waals surface area contributed by atoms with E-state index in [1.807, 2.05) is 30.3 Å². The van der Waals surface area contributed by atoms with E-state index in [4.69, 9.17) is 9.84 Å². The first kappa shape index (κ1) is 12.5. The maximum absolute atomic E-state index is 11.3. The molecule has 4 nitrogen and oxygen atoms in total. The number of aliphatic hydroxyl groups is 1. The zero-order valence-electron chi connectivity index (χ0n) is 9.26. The number of aliphatic hydroxyl groups excluding tert-OH is 1. The molecule has 1 unspecified atom stereocenters. The minimum atomic E-state index is -0.421. The van der Waals surface area contributed by atoms with Crippen LogP contribution in [0.25, 0.3) is 0 Å². The second kappa shape index (κ2) is 6.85. The van der Waals surface area contributed by atoms with Gasteiger partial charge in [-0.3, -0.25) is 4.79 Å². The van der Waals surface area contributed by atoms with Crippen LogP contribution in [-0.4, -0.2) is 31.4 Å². The summed E-state index contributed by atoms with van der Waals surface area (Å²) in [5.41, 5.74) is 0. The SMILES string of the molecule is COC(=O)C(CCO)COc1ccccc1. The molecule has 0 saturated carbocycles. The monoisotopic (exact) mass is 224 g/mol. The van der Waals surface area contributed by atoms with Crippen LogP contribution in [0, 0.1) is 5.92 Å². The molecule has 1 rings (SSSR count). The molecule has 0 bridgehead atoms. The lowest BCUT2D eigenvalue weighted by atomic mass is 10.1. The second-order valence-electron chi connectivity index (χ2n) is 3.36.